The van der Waals surface area contributed by atoms with E-state index in [0.29, 0.717) is 6.10 Å². The largest absolute Gasteiger partial charge is 0.383 e. The van der Waals surface area contributed by atoms with Gasteiger partial charge in [0.1, 0.15) is 0 Å². The zero-order chi connectivity index (χ0) is 10.8. The lowest BCUT2D eigenvalue weighted by Gasteiger charge is -2.10. The van der Waals surface area contributed by atoms with E-state index in [1.807, 2.05) is 0 Å². The third kappa shape index (κ3) is 6.88. The van der Waals surface area contributed by atoms with Crippen molar-refractivity contribution < 1.29 is 9.47 Å². The Bertz CT molecular complexity index is 136. The fourth-order valence-electron chi connectivity index (χ4n) is 1.96. The van der Waals surface area contributed by atoms with Crippen LogP contribution in [0.4, 0.5) is 0 Å². The van der Waals surface area contributed by atoms with Crippen LogP contribution in [0.25, 0.3) is 0 Å². The maximum Gasteiger partial charge on any atom is 0.0587 e. The molecule has 3 nitrogen and oxygen atoms in total. The van der Waals surface area contributed by atoms with Crippen molar-refractivity contribution in [2.45, 2.75) is 44.6 Å². The van der Waals surface area contributed by atoms with Gasteiger partial charge >= 0.3 is 0 Å². The van der Waals surface area contributed by atoms with E-state index in [0.717, 1.165) is 26.3 Å². The van der Waals surface area contributed by atoms with Crippen molar-refractivity contribution in [3.8, 4) is 0 Å². The predicted molar refractivity (Wildman–Crippen MR) is 62.2 cm³/mol. The van der Waals surface area contributed by atoms with Crippen molar-refractivity contribution in [1.82, 2.24) is 5.32 Å². The molecule has 1 aliphatic rings. The standard InChI is InChI=1S/C12H25NO2/c1-14-11-9-13-8-4-5-10-15-12-6-2-3-7-12/h12-13H,2-11H2,1H3. The molecule has 0 aromatic heterocycles. The van der Waals surface area contributed by atoms with Crippen LogP contribution in [-0.4, -0.2) is 39.5 Å². The van der Waals surface area contributed by atoms with Gasteiger partial charge in [-0.2, -0.15) is 0 Å². The molecule has 1 N–H and O–H groups in total. The van der Waals surface area contributed by atoms with Gasteiger partial charge < -0.3 is 14.8 Å². The SMILES string of the molecule is COCCNCCCCOC1CCCC1. The first kappa shape index (κ1) is 12.9. The van der Waals surface area contributed by atoms with Crippen LogP contribution >= 0.6 is 0 Å². The second-order valence-electron chi connectivity index (χ2n) is 4.23. The Kier molecular flexibility index (Phi) is 7.88. The summed E-state index contributed by atoms with van der Waals surface area (Å²) < 4.78 is 10.7. The van der Waals surface area contributed by atoms with Crippen LogP contribution in [0.3, 0.4) is 0 Å². The summed E-state index contributed by atoms with van der Waals surface area (Å²) in [4.78, 5) is 0. The Morgan fingerprint density at radius 3 is 2.60 bits per heavy atom. The molecule has 1 aliphatic carbocycles. The molecule has 15 heavy (non-hydrogen) atoms. The summed E-state index contributed by atoms with van der Waals surface area (Å²) in [5.74, 6) is 0. The average Bonchev–Trinajstić information content (AvgIpc) is 2.75. The van der Waals surface area contributed by atoms with Crippen molar-refractivity contribution in [2.24, 2.45) is 0 Å². The third-order valence-electron chi connectivity index (χ3n) is 2.89. The number of hydrogen-bond donors (Lipinski definition) is 1. The van der Waals surface area contributed by atoms with Crippen LogP contribution in [0.5, 0.6) is 0 Å². The molecule has 0 amide bonds. The average molecular weight is 215 g/mol. The van der Waals surface area contributed by atoms with Crippen LogP contribution in [0.15, 0.2) is 0 Å². The van der Waals surface area contributed by atoms with Gasteiger partial charge in [-0.25, -0.2) is 0 Å². The van der Waals surface area contributed by atoms with Gasteiger partial charge in [-0.3, -0.25) is 0 Å². The van der Waals surface area contributed by atoms with E-state index in [1.54, 1.807) is 7.11 Å². The van der Waals surface area contributed by atoms with Crippen LogP contribution in [0.1, 0.15) is 38.5 Å². The summed E-state index contributed by atoms with van der Waals surface area (Å²) in [6.07, 6.45) is 8.25. The van der Waals surface area contributed by atoms with Gasteiger partial charge in [-0.05, 0) is 32.2 Å². The molecule has 0 atom stereocenters. The molecule has 3 heteroatoms. The summed E-state index contributed by atoms with van der Waals surface area (Å²) in [5.41, 5.74) is 0. The normalized spacial score (nSPS) is 17.4. The lowest BCUT2D eigenvalue weighted by Crippen LogP contribution is -2.20. The molecule has 90 valence electrons. The molecule has 0 saturated heterocycles. The molecule has 1 saturated carbocycles. The molecule has 1 fully saturated rings. The molecule has 0 spiro atoms. The van der Waals surface area contributed by atoms with E-state index in [2.05, 4.69) is 5.32 Å². The molecular weight excluding hydrogens is 190 g/mol. The van der Waals surface area contributed by atoms with E-state index in [-0.39, 0.29) is 0 Å². The van der Waals surface area contributed by atoms with E-state index in [1.165, 1.54) is 38.5 Å². The van der Waals surface area contributed by atoms with Gasteiger partial charge in [0.05, 0.1) is 12.7 Å². The second-order valence-corrected chi connectivity index (χ2v) is 4.23. The fraction of sp³-hybridized carbons (Fsp3) is 1.00. The molecule has 0 aromatic rings. The number of unbranched alkanes of at least 4 members (excludes halogenated alkanes) is 1. The number of nitrogens with one attached hydrogen (secondary N) is 1. The molecule has 0 aliphatic heterocycles. The van der Waals surface area contributed by atoms with Crippen molar-refractivity contribution in [2.75, 3.05) is 33.4 Å². The van der Waals surface area contributed by atoms with E-state index in [4.69, 9.17) is 9.47 Å². The van der Waals surface area contributed by atoms with Gasteiger partial charge in [-0.15, -0.1) is 0 Å². The Balaban J connectivity index is 1.73. The number of rotatable bonds is 9. The van der Waals surface area contributed by atoms with Gasteiger partial charge in [-0.1, -0.05) is 12.8 Å². The monoisotopic (exact) mass is 215 g/mol. The van der Waals surface area contributed by atoms with Gasteiger partial charge in [0.25, 0.3) is 0 Å². The summed E-state index contributed by atoms with van der Waals surface area (Å²) in [6.45, 7) is 3.78. The zero-order valence-corrected chi connectivity index (χ0v) is 9.96. The molecule has 0 unspecified atom stereocenters. The van der Waals surface area contributed by atoms with E-state index >= 15 is 0 Å². The summed E-state index contributed by atoms with van der Waals surface area (Å²) in [6, 6.07) is 0. The van der Waals surface area contributed by atoms with Gasteiger partial charge in [0.2, 0.25) is 0 Å². The minimum absolute atomic E-state index is 0.575. The highest BCUT2D eigenvalue weighted by atomic mass is 16.5. The van der Waals surface area contributed by atoms with Gasteiger partial charge in [0.15, 0.2) is 0 Å². The summed E-state index contributed by atoms with van der Waals surface area (Å²) in [5, 5.41) is 3.33. The van der Waals surface area contributed by atoms with Crippen molar-refractivity contribution in [3.05, 3.63) is 0 Å². The van der Waals surface area contributed by atoms with Crippen LogP contribution in [-0.2, 0) is 9.47 Å². The fourth-order valence-corrected chi connectivity index (χ4v) is 1.96. The Hall–Kier alpha value is -0.120. The molecule has 1 rings (SSSR count). The molecule has 0 radical (unpaired) electrons. The smallest absolute Gasteiger partial charge is 0.0587 e. The van der Waals surface area contributed by atoms with Gasteiger partial charge in [0, 0.05) is 20.3 Å². The maximum absolute atomic E-state index is 5.78. The summed E-state index contributed by atoms with van der Waals surface area (Å²) >= 11 is 0. The molecule has 0 aromatic carbocycles. The highest BCUT2D eigenvalue weighted by molar-refractivity contribution is 4.66. The lowest BCUT2D eigenvalue weighted by molar-refractivity contribution is 0.0559. The number of methoxy groups -OCH3 is 1. The Morgan fingerprint density at radius 1 is 1.07 bits per heavy atom. The molecule has 0 heterocycles. The van der Waals surface area contributed by atoms with E-state index in [9.17, 15) is 0 Å². The van der Waals surface area contributed by atoms with E-state index < -0.39 is 0 Å². The van der Waals surface area contributed by atoms with Crippen LogP contribution in [0, 0.1) is 0 Å². The highest BCUT2D eigenvalue weighted by Crippen LogP contribution is 2.20. The third-order valence-corrected chi connectivity index (χ3v) is 2.89. The number of hydrogen-bond acceptors (Lipinski definition) is 3. The first-order valence-electron chi connectivity index (χ1n) is 6.24. The quantitative estimate of drug-likeness (QED) is 0.596. The summed E-state index contributed by atoms with van der Waals surface area (Å²) in [7, 11) is 1.73. The minimum Gasteiger partial charge on any atom is -0.383 e. The second kappa shape index (κ2) is 9.13. The first-order chi connectivity index (χ1) is 7.43. The molecular formula is C12H25NO2. The van der Waals surface area contributed by atoms with Crippen LogP contribution in [0.2, 0.25) is 0 Å². The molecule has 0 bridgehead atoms. The maximum atomic E-state index is 5.78. The first-order valence-corrected chi connectivity index (χ1v) is 6.24. The van der Waals surface area contributed by atoms with Crippen molar-refractivity contribution in [1.29, 1.82) is 0 Å². The topological polar surface area (TPSA) is 30.5 Å². The predicted octanol–water partition coefficient (Wildman–Crippen LogP) is 1.96. The highest BCUT2D eigenvalue weighted by Gasteiger charge is 2.14. The van der Waals surface area contributed by atoms with Crippen molar-refractivity contribution in [3.63, 3.8) is 0 Å². The van der Waals surface area contributed by atoms with Crippen molar-refractivity contribution >= 4 is 0 Å². The van der Waals surface area contributed by atoms with Crippen LogP contribution < -0.4 is 5.32 Å². The zero-order valence-electron chi connectivity index (χ0n) is 9.96. The number of ether oxygens (including phenoxy) is 2. The Morgan fingerprint density at radius 2 is 1.87 bits per heavy atom. The minimum atomic E-state index is 0.575. The Labute approximate surface area is 93.5 Å². The lowest BCUT2D eigenvalue weighted by atomic mass is 10.3.